The maximum atomic E-state index is 13.9. The first-order valence-electron chi connectivity index (χ1n) is 10.4. The van der Waals surface area contributed by atoms with Crippen molar-refractivity contribution in [2.75, 3.05) is 14.2 Å². The molecule has 0 spiro atoms. The number of hydrogen-bond acceptors (Lipinski definition) is 7. The number of ether oxygens (including phenoxy) is 2. The Bertz CT molecular complexity index is 1350. The van der Waals surface area contributed by atoms with Crippen LogP contribution in [0.2, 0.25) is 0 Å². The van der Waals surface area contributed by atoms with Crippen molar-refractivity contribution in [1.29, 1.82) is 0 Å². The van der Waals surface area contributed by atoms with Gasteiger partial charge in [0.05, 0.1) is 43.9 Å². The van der Waals surface area contributed by atoms with Gasteiger partial charge in [0.25, 0.3) is 11.8 Å². The number of aryl methyl sites for hydroxylation is 1. The van der Waals surface area contributed by atoms with Gasteiger partial charge in [0, 0.05) is 41.5 Å². The fraction of sp³-hybridized carbons (Fsp3) is 0.160. The molecule has 0 aliphatic carbocycles. The lowest BCUT2D eigenvalue weighted by Crippen LogP contribution is -2.24. The molecule has 0 aromatic carbocycles. The zero-order valence-electron chi connectivity index (χ0n) is 18.9. The fourth-order valence-electron chi connectivity index (χ4n) is 3.42. The molecule has 34 heavy (non-hydrogen) atoms. The van der Waals surface area contributed by atoms with Crippen LogP contribution < -0.4 is 14.8 Å². The Balaban J connectivity index is 1.68. The van der Waals surface area contributed by atoms with Gasteiger partial charge in [-0.2, -0.15) is 0 Å². The molecule has 4 rings (SSSR count). The number of methoxy groups -OCH3 is 2. The lowest BCUT2D eigenvalue weighted by atomic mass is 10.00. The van der Waals surface area contributed by atoms with E-state index in [1.54, 1.807) is 30.6 Å². The van der Waals surface area contributed by atoms with E-state index in [9.17, 15) is 9.18 Å². The topological polar surface area (TPSA) is 99.1 Å². The molecule has 0 bridgehead atoms. The van der Waals surface area contributed by atoms with Gasteiger partial charge in [-0.15, -0.1) is 0 Å². The quantitative estimate of drug-likeness (QED) is 0.446. The summed E-state index contributed by atoms with van der Waals surface area (Å²) < 4.78 is 24.3. The molecule has 0 aliphatic heterocycles. The van der Waals surface area contributed by atoms with E-state index in [0.29, 0.717) is 39.7 Å². The first-order valence-corrected chi connectivity index (χ1v) is 10.4. The molecular formula is C25H22FN5O3. The van der Waals surface area contributed by atoms with Crippen molar-refractivity contribution >= 4 is 5.91 Å². The minimum Gasteiger partial charge on any atom is -0.491 e. The van der Waals surface area contributed by atoms with Gasteiger partial charge in [0.2, 0.25) is 0 Å². The first kappa shape index (κ1) is 22.8. The summed E-state index contributed by atoms with van der Waals surface area (Å²) in [4.78, 5) is 30.2. The van der Waals surface area contributed by atoms with Crippen LogP contribution in [0.4, 0.5) is 4.39 Å². The third-order valence-corrected chi connectivity index (χ3v) is 5.06. The number of amides is 1. The molecule has 4 heterocycles. The number of halogens is 1. The summed E-state index contributed by atoms with van der Waals surface area (Å²) in [6, 6.07) is 8.34. The van der Waals surface area contributed by atoms with Crippen LogP contribution >= 0.6 is 0 Å². The number of pyridine rings is 4. The van der Waals surface area contributed by atoms with E-state index >= 15 is 0 Å². The molecule has 9 heteroatoms. The Hall–Kier alpha value is -4.40. The van der Waals surface area contributed by atoms with Gasteiger partial charge in [-0.1, -0.05) is 0 Å². The van der Waals surface area contributed by atoms with E-state index in [1.165, 1.54) is 32.7 Å². The van der Waals surface area contributed by atoms with Gasteiger partial charge >= 0.3 is 0 Å². The van der Waals surface area contributed by atoms with Crippen molar-refractivity contribution in [3.63, 3.8) is 0 Å². The lowest BCUT2D eigenvalue weighted by molar-refractivity contribution is 0.0951. The fourth-order valence-corrected chi connectivity index (χ4v) is 3.42. The molecule has 1 N–H and O–H groups in total. The molecule has 0 aliphatic rings. The van der Waals surface area contributed by atoms with E-state index in [0.717, 1.165) is 17.3 Å². The molecule has 4 aromatic rings. The van der Waals surface area contributed by atoms with Gasteiger partial charge in [0.15, 0.2) is 5.75 Å². The standard InChI is InChI=1S/C25H22FN5O3/c1-15-6-17(11-27-9-15)22-8-20(21(14-29-22)16-7-18(26)12-28-10-16)24(32)30-13-19-4-5-23(33-2)25(31-19)34-3/h4-12,14H,13H2,1-3H3,(H,30,32). The molecule has 1 amide bonds. The Morgan fingerprint density at radius 1 is 0.971 bits per heavy atom. The molecule has 172 valence electrons. The molecule has 4 aromatic heterocycles. The monoisotopic (exact) mass is 459 g/mol. The summed E-state index contributed by atoms with van der Waals surface area (Å²) in [5, 5.41) is 2.86. The number of carbonyl (C=O) groups is 1. The highest BCUT2D eigenvalue weighted by Crippen LogP contribution is 2.28. The van der Waals surface area contributed by atoms with Gasteiger partial charge < -0.3 is 14.8 Å². The predicted octanol–water partition coefficient (Wildman–Crippen LogP) is 4.00. The second-order valence-electron chi connectivity index (χ2n) is 7.45. The Morgan fingerprint density at radius 3 is 2.50 bits per heavy atom. The van der Waals surface area contributed by atoms with Gasteiger partial charge in [-0.05, 0) is 42.8 Å². The number of aromatic nitrogens is 4. The normalized spacial score (nSPS) is 10.6. The van der Waals surface area contributed by atoms with E-state index < -0.39 is 5.82 Å². The van der Waals surface area contributed by atoms with E-state index in [2.05, 4.69) is 25.3 Å². The molecule has 0 saturated carbocycles. The minimum atomic E-state index is -0.509. The van der Waals surface area contributed by atoms with Crippen LogP contribution in [-0.2, 0) is 6.54 Å². The van der Waals surface area contributed by atoms with Crippen LogP contribution in [0.25, 0.3) is 22.4 Å². The third kappa shape index (κ3) is 4.98. The molecule has 8 nitrogen and oxygen atoms in total. The predicted molar refractivity (Wildman–Crippen MR) is 124 cm³/mol. The summed E-state index contributed by atoms with van der Waals surface area (Å²) in [6.45, 7) is 2.07. The summed E-state index contributed by atoms with van der Waals surface area (Å²) in [6.07, 6.45) is 7.54. The Morgan fingerprint density at radius 2 is 1.76 bits per heavy atom. The highest BCUT2D eigenvalue weighted by atomic mass is 19.1. The summed E-state index contributed by atoms with van der Waals surface area (Å²) in [7, 11) is 3.01. The van der Waals surface area contributed by atoms with Crippen molar-refractivity contribution in [2.24, 2.45) is 0 Å². The molecule has 0 fully saturated rings. The SMILES string of the molecule is COc1ccc(CNC(=O)c2cc(-c3cncc(C)c3)ncc2-c2cncc(F)c2)nc1OC. The van der Waals surface area contributed by atoms with Crippen LogP contribution in [0.5, 0.6) is 11.6 Å². The van der Waals surface area contributed by atoms with Crippen LogP contribution in [0.15, 0.2) is 61.3 Å². The number of hydrogen-bond donors (Lipinski definition) is 1. The average molecular weight is 459 g/mol. The number of carbonyl (C=O) groups excluding carboxylic acids is 1. The highest BCUT2D eigenvalue weighted by Gasteiger charge is 2.17. The van der Waals surface area contributed by atoms with Crippen molar-refractivity contribution in [3.8, 4) is 34.0 Å². The largest absolute Gasteiger partial charge is 0.491 e. The number of nitrogens with one attached hydrogen (secondary N) is 1. The van der Waals surface area contributed by atoms with Crippen molar-refractivity contribution in [3.05, 3.63) is 84.0 Å². The third-order valence-electron chi connectivity index (χ3n) is 5.06. The average Bonchev–Trinajstić information content (AvgIpc) is 2.86. The summed E-state index contributed by atoms with van der Waals surface area (Å²) >= 11 is 0. The maximum absolute atomic E-state index is 13.9. The van der Waals surface area contributed by atoms with Crippen LogP contribution in [0.1, 0.15) is 21.6 Å². The summed E-state index contributed by atoms with van der Waals surface area (Å²) in [5.41, 5.74) is 4.09. The second kappa shape index (κ2) is 10.0. The minimum absolute atomic E-state index is 0.143. The van der Waals surface area contributed by atoms with E-state index in [1.807, 2.05) is 13.0 Å². The smallest absolute Gasteiger partial charge is 0.257 e. The van der Waals surface area contributed by atoms with Crippen LogP contribution in [0, 0.1) is 12.7 Å². The number of nitrogens with zero attached hydrogens (tertiary/aromatic N) is 4. The summed E-state index contributed by atoms with van der Waals surface area (Å²) in [5.74, 6) is -0.0756. The molecule has 0 atom stereocenters. The van der Waals surface area contributed by atoms with Gasteiger partial charge in [-0.3, -0.25) is 19.7 Å². The number of rotatable bonds is 7. The van der Waals surface area contributed by atoms with Crippen molar-refractivity contribution < 1.29 is 18.7 Å². The van der Waals surface area contributed by atoms with Crippen LogP contribution in [0.3, 0.4) is 0 Å². The Labute approximate surface area is 195 Å². The van der Waals surface area contributed by atoms with Crippen LogP contribution in [-0.4, -0.2) is 40.1 Å². The van der Waals surface area contributed by atoms with Gasteiger partial charge in [-0.25, -0.2) is 9.37 Å². The van der Waals surface area contributed by atoms with Gasteiger partial charge in [0.1, 0.15) is 5.82 Å². The highest BCUT2D eigenvalue weighted by molar-refractivity contribution is 6.01. The van der Waals surface area contributed by atoms with Crippen molar-refractivity contribution in [1.82, 2.24) is 25.3 Å². The van der Waals surface area contributed by atoms with Crippen molar-refractivity contribution in [2.45, 2.75) is 13.5 Å². The lowest BCUT2D eigenvalue weighted by Gasteiger charge is -2.13. The zero-order chi connectivity index (χ0) is 24.1. The Kier molecular flexibility index (Phi) is 6.72. The second-order valence-corrected chi connectivity index (χ2v) is 7.45. The van der Waals surface area contributed by atoms with E-state index in [4.69, 9.17) is 9.47 Å². The zero-order valence-corrected chi connectivity index (χ0v) is 18.9. The first-order chi connectivity index (χ1) is 16.5. The maximum Gasteiger partial charge on any atom is 0.257 e. The molecule has 0 saturated heterocycles. The molecule has 0 radical (unpaired) electrons. The van der Waals surface area contributed by atoms with E-state index in [-0.39, 0.29) is 12.5 Å². The molecular weight excluding hydrogens is 437 g/mol. The molecule has 0 unspecified atom stereocenters.